The molecule has 168 valence electrons. The molecule has 1 saturated heterocycles. The molecule has 1 aliphatic heterocycles. The van der Waals surface area contributed by atoms with Gasteiger partial charge in [-0.05, 0) is 57.4 Å². The molecule has 2 amide bonds. The first kappa shape index (κ1) is 24.2. The highest BCUT2D eigenvalue weighted by molar-refractivity contribution is 6.30. The Hall–Kier alpha value is -2.06. The molecule has 2 atom stereocenters. The molecule has 0 aromatic heterocycles. The number of hydrogen-bond acceptors (Lipinski definition) is 5. The van der Waals surface area contributed by atoms with Gasteiger partial charge in [-0.15, -0.1) is 0 Å². The lowest BCUT2D eigenvalue weighted by molar-refractivity contribution is -0.0246. The summed E-state index contributed by atoms with van der Waals surface area (Å²) in [7, 11) is 1.28. The molecular weight excluding hydrogens is 415 g/mol. The van der Waals surface area contributed by atoms with E-state index < -0.39 is 23.6 Å². The van der Waals surface area contributed by atoms with E-state index in [0.29, 0.717) is 18.7 Å². The van der Waals surface area contributed by atoms with Crippen LogP contribution in [0.2, 0.25) is 5.02 Å². The van der Waals surface area contributed by atoms with Gasteiger partial charge in [0, 0.05) is 30.6 Å². The number of hydrogen-bond donors (Lipinski definition) is 1. The van der Waals surface area contributed by atoms with Gasteiger partial charge in [0.1, 0.15) is 11.4 Å². The van der Waals surface area contributed by atoms with Gasteiger partial charge in [0.05, 0.1) is 19.8 Å². The van der Waals surface area contributed by atoms with Crippen LogP contribution in [0.5, 0.6) is 0 Å². The molecule has 2 rings (SSSR count). The van der Waals surface area contributed by atoms with Crippen molar-refractivity contribution in [1.82, 2.24) is 10.2 Å². The van der Waals surface area contributed by atoms with Crippen molar-refractivity contribution in [3.8, 4) is 0 Å². The Morgan fingerprint density at radius 2 is 2.07 bits per heavy atom. The van der Waals surface area contributed by atoms with Crippen LogP contribution in [0.25, 0.3) is 0 Å². The normalized spacial score (nSPS) is 17.9. The van der Waals surface area contributed by atoms with Crippen LogP contribution in [-0.4, -0.2) is 56.0 Å². The quantitative estimate of drug-likeness (QED) is 0.652. The smallest absolute Gasteiger partial charge is 0.410 e. The highest BCUT2D eigenvalue weighted by atomic mass is 35.5. The number of likely N-dealkylation sites (tertiary alicyclic amines) is 1. The van der Waals surface area contributed by atoms with Gasteiger partial charge >= 0.3 is 12.2 Å². The number of carbonyl (C=O) groups excluding carboxylic acids is 2. The van der Waals surface area contributed by atoms with Crippen molar-refractivity contribution >= 4 is 23.8 Å². The number of carbonyl (C=O) groups is 2. The third-order valence-electron chi connectivity index (χ3n) is 4.61. The minimum Gasteiger partial charge on any atom is -0.453 e. The highest BCUT2D eigenvalue weighted by Crippen LogP contribution is 2.34. The third kappa shape index (κ3) is 7.65. The van der Waals surface area contributed by atoms with E-state index in [4.69, 9.17) is 21.1 Å². The first-order chi connectivity index (χ1) is 14.1. The third-order valence-corrected chi connectivity index (χ3v) is 4.82. The Labute approximate surface area is 181 Å². The number of amides is 2. The minimum atomic E-state index is -0.588. The van der Waals surface area contributed by atoms with E-state index in [9.17, 15) is 14.0 Å². The number of rotatable bonds is 6. The number of nitrogens with zero attached hydrogens (tertiary/aromatic N) is 1. The lowest BCUT2D eigenvalue weighted by Gasteiger charge is -2.37. The van der Waals surface area contributed by atoms with Gasteiger partial charge in [-0.1, -0.05) is 11.6 Å². The maximum absolute atomic E-state index is 14.0. The molecular formula is C21H30ClFN2O5. The second-order valence-electron chi connectivity index (χ2n) is 8.24. The maximum atomic E-state index is 14.0. The molecule has 1 aliphatic rings. The lowest BCUT2D eigenvalue weighted by atomic mass is 9.88. The van der Waals surface area contributed by atoms with E-state index in [2.05, 4.69) is 10.1 Å². The Balaban J connectivity index is 2.14. The summed E-state index contributed by atoms with van der Waals surface area (Å²) in [5.41, 5.74) is 0.00404. The van der Waals surface area contributed by atoms with Gasteiger partial charge < -0.3 is 24.4 Å². The number of nitrogens with one attached hydrogen (secondary N) is 1. The van der Waals surface area contributed by atoms with Gasteiger partial charge in [-0.2, -0.15) is 0 Å². The molecule has 30 heavy (non-hydrogen) atoms. The summed E-state index contributed by atoms with van der Waals surface area (Å²) in [6.07, 6.45) is 0.131. The van der Waals surface area contributed by atoms with Crippen LogP contribution in [0.15, 0.2) is 18.2 Å². The molecule has 1 heterocycles. The molecule has 0 radical (unpaired) electrons. The molecule has 0 aliphatic carbocycles. The Morgan fingerprint density at radius 1 is 1.33 bits per heavy atom. The van der Waals surface area contributed by atoms with Crippen LogP contribution in [0.4, 0.5) is 14.0 Å². The summed E-state index contributed by atoms with van der Waals surface area (Å²) in [5, 5.41) is 2.82. The number of ether oxygens (including phenoxy) is 3. The predicted molar refractivity (Wildman–Crippen MR) is 111 cm³/mol. The summed E-state index contributed by atoms with van der Waals surface area (Å²) in [4.78, 5) is 25.4. The number of benzene rings is 1. The Kier molecular flexibility index (Phi) is 8.73. The predicted octanol–water partition coefficient (Wildman–Crippen LogP) is 4.54. The van der Waals surface area contributed by atoms with E-state index in [0.717, 1.165) is 12.8 Å². The standard InChI is InChI=1S/C21H30ClFN2O5/c1-21(2,3)30-20(27)25-8-5-6-14(13-25)18(29-9-7-24-19(26)28-4)15-10-16(22)12-17(23)11-15/h10-12,14,18H,5-9,13H2,1-4H3,(H,24,26)/t14?,18-/m1/s1. The second kappa shape index (κ2) is 10.8. The van der Waals surface area contributed by atoms with Crippen molar-refractivity contribution in [2.75, 3.05) is 33.4 Å². The summed E-state index contributed by atoms with van der Waals surface area (Å²) in [6.45, 7) is 6.89. The van der Waals surface area contributed by atoms with E-state index in [1.54, 1.807) is 11.0 Å². The summed E-state index contributed by atoms with van der Waals surface area (Å²) < 4.78 is 30.0. The van der Waals surface area contributed by atoms with Crippen LogP contribution in [0.1, 0.15) is 45.3 Å². The lowest BCUT2D eigenvalue weighted by Crippen LogP contribution is -2.44. The van der Waals surface area contributed by atoms with Gasteiger partial charge in [-0.25, -0.2) is 14.0 Å². The molecule has 1 fully saturated rings. The van der Waals surface area contributed by atoms with Gasteiger partial charge in [0.15, 0.2) is 0 Å². The van der Waals surface area contributed by atoms with Gasteiger partial charge in [0.25, 0.3) is 0 Å². The molecule has 0 bridgehead atoms. The fraction of sp³-hybridized carbons (Fsp3) is 0.619. The zero-order valence-electron chi connectivity index (χ0n) is 17.9. The topological polar surface area (TPSA) is 77.1 Å². The number of halogens is 2. The Bertz CT molecular complexity index is 720. The Morgan fingerprint density at radius 3 is 2.70 bits per heavy atom. The average molecular weight is 445 g/mol. The van der Waals surface area contributed by atoms with Gasteiger partial charge in [-0.3, -0.25) is 0 Å². The van der Waals surface area contributed by atoms with E-state index in [-0.39, 0.29) is 30.2 Å². The fourth-order valence-corrected chi connectivity index (χ4v) is 3.63. The summed E-state index contributed by atoms with van der Waals surface area (Å²) >= 11 is 6.05. The summed E-state index contributed by atoms with van der Waals surface area (Å²) in [6, 6.07) is 4.28. The molecule has 1 aromatic carbocycles. The van der Waals surface area contributed by atoms with Crippen molar-refractivity contribution in [2.45, 2.75) is 45.3 Å². The van der Waals surface area contributed by atoms with Crippen LogP contribution in [-0.2, 0) is 14.2 Å². The highest BCUT2D eigenvalue weighted by Gasteiger charge is 2.33. The van der Waals surface area contributed by atoms with E-state index >= 15 is 0 Å². The molecule has 7 nitrogen and oxygen atoms in total. The minimum absolute atomic E-state index is 0.0812. The molecule has 1 N–H and O–H groups in total. The first-order valence-corrected chi connectivity index (χ1v) is 10.3. The van der Waals surface area contributed by atoms with Crippen molar-refractivity contribution in [3.63, 3.8) is 0 Å². The zero-order valence-corrected chi connectivity index (χ0v) is 18.6. The van der Waals surface area contributed by atoms with Crippen LogP contribution in [0.3, 0.4) is 0 Å². The van der Waals surface area contributed by atoms with Crippen molar-refractivity contribution in [3.05, 3.63) is 34.6 Å². The van der Waals surface area contributed by atoms with Crippen molar-refractivity contribution in [1.29, 1.82) is 0 Å². The molecule has 0 spiro atoms. The molecule has 1 aromatic rings. The van der Waals surface area contributed by atoms with E-state index in [1.165, 1.54) is 19.2 Å². The van der Waals surface area contributed by atoms with Crippen LogP contribution in [0, 0.1) is 11.7 Å². The average Bonchev–Trinajstić information content (AvgIpc) is 2.65. The van der Waals surface area contributed by atoms with Crippen LogP contribution >= 0.6 is 11.6 Å². The monoisotopic (exact) mass is 444 g/mol. The molecule has 1 unspecified atom stereocenters. The van der Waals surface area contributed by atoms with E-state index in [1.807, 2.05) is 20.8 Å². The first-order valence-electron chi connectivity index (χ1n) is 9.96. The molecule has 9 heteroatoms. The van der Waals surface area contributed by atoms with Gasteiger partial charge in [0.2, 0.25) is 0 Å². The summed E-state index contributed by atoms with van der Waals surface area (Å²) in [5.74, 6) is -0.541. The number of methoxy groups -OCH3 is 1. The van der Waals surface area contributed by atoms with Crippen molar-refractivity contribution < 1.29 is 28.2 Å². The SMILES string of the molecule is COC(=O)NCCO[C@@H](c1cc(F)cc(Cl)c1)C1CCCN(C(=O)OC(C)(C)C)C1. The zero-order chi connectivity index (χ0) is 22.3. The maximum Gasteiger partial charge on any atom is 0.410 e. The fourth-order valence-electron chi connectivity index (χ4n) is 3.40. The largest absolute Gasteiger partial charge is 0.453 e. The number of piperidine rings is 1. The molecule has 0 saturated carbocycles. The van der Waals surface area contributed by atoms with Crippen LogP contribution < -0.4 is 5.32 Å². The second-order valence-corrected chi connectivity index (χ2v) is 8.68. The number of alkyl carbamates (subject to hydrolysis) is 1. The van der Waals surface area contributed by atoms with Crippen molar-refractivity contribution in [2.24, 2.45) is 5.92 Å².